The molecule has 0 aromatic rings. The molecule has 18 heavy (non-hydrogen) atoms. The molecule has 108 valence electrons. The number of nitrogens with one attached hydrogen (secondary N) is 1. The molecule has 1 aliphatic carbocycles. The summed E-state index contributed by atoms with van der Waals surface area (Å²) in [6.45, 7) is 9.79. The second-order valence-corrected chi connectivity index (χ2v) is 5.71. The van der Waals surface area contributed by atoms with Gasteiger partial charge in [-0.1, -0.05) is 46.0 Å². The van der Waals surface area contributed by atoms with Crippen LogP contribution in [0.2, 0.25) is 0 Å². The Hall–Kier alpha value is -0.120. The van der Waals surface area contributed by atoms with Crippen molar-refractivity contribution in [3.05, 3.63) is 0 Å². The Balaban J connectivity index is 2.37. The molecule has 0 aromatic heterocycles. The Kier molecular flexibility index (Phi) is 7.87. The van der Waals surface area contributed by atoms with Crippen molar-refractivity contribution in [1.82, 2.24) is 10.2 Å². The van der Waals surface area contributed by atoms with E-state index in [0.29, 0.717) is 0 Å². The molecule has 0 saturated heterocycles. The van der Waals surface area contributed by atoms with Gasteiger partial charge in [0, 0.05) is 25.2 Å². The molecule has 1 aliphatic rings. The Morgan fingerprint density at radius 1 is 1.00 bits per heavy atom. The minimum absolute atomic E-state index is 0.230. The lowest BCUT2D eigenvalue weighted by molar-refractivity contribution is 0.231. The molecule has 1 rings (SSSR count). The van der Waals surface area contributed by atoms with Crippen LogP contribution in [-0.4, -0.2) is 43.2 Å². The molecule has 3 nitrogen and oxygen atoms in total. The maximum absolute atomic E-state index is 6.06. The fraction of sp³-hybridized carbons (Fsp3) is 1.00. The molecule has 0 aliphatic heterocycles. The molecule has 3 N–H and O–H groups in total. The maximum atomic E-state index is 6.06. The number of nitrogens with zero attached hydrogens (tertiary/aromatic N) is 1. The third-order valence-electron chi connectivity index (χ3n) is 4.52. The largest absolute Gasteiger partial charge is 0.329 e. The minimum Gasteiger partial charge on any atom is -0.329 e. The Morgan fingerprint density at radius 3 is 2.06 bits per heavy atom. The molecule has 3 heteroatoms. The van der Waals surface area contributed by atoms with E-state index >= 15 is 0 Å². The Labute approximate surface area is 113 Å². The molecule has 0 aromatic carbocycles. The van der Waals surface area contributed by atoms with E-state index in [2.05, 4.69) is 24.1 Å². The van der Waals surface area contributed by atoms with Gasteiger partial charge in [0.05, 0.1) is 0 Å². The third-order valence-corrected chi connectivity index (χ3v) is 4.52. The first-order valence-electron chi connectivity index (χ1n) is 7.94. The van der Waals surface area contributed by atoms with Crippen LogP contribution in [-0.2, 0) is 0 Å². The number of hydrogen-bond acceptors (Lipinski definition) is 3. The lowest BCUT2D eigenvalue weighted by atomic mass is 9.84. The molecule has 0 heterocycles. The highest BCUT2D eigenvalue weighted by Crippen LogP contribution is 2.25. The summed E-state index contributed by atoms with van der Waals surface area (Å²) in [5.41, 5.74) is 6.29. The molecule has 0 radical (unpaired) electrons. The fourth-order valence-electron chi connectivity index (χ4n) is 3.05. The predicted molar refractivity (Wildman–Crippen MR) is 79.9 cm³/mol. The molecule has 0 atom stereocenters. The first-order chi connectivity index (χ1) is 8.76. The first kappa shape index (κ1) is 15.9. The molecule has 1 fully saturated rings. The number of likely N-dealkylation sites (N-methyl/N-ethyl adjacent to an activating group) is 1. The van der Waals surface area contributed by atoms with Crippen molar-refractivity contribution >= 4 is 0 Å². The summed E-state index contributed by atoms with van der Waals surface area (Å²) in [6.07, 6.45) is 9.41. The van der Waals surface area contributed by atoms with Gasteiger partial charge in [0.2, 0.25) is 0 Å². The molecule has 0 bridgehead atoms. The summed E-state index contributed by atoms with van der Waals surface area (Å²) >= 11 is 0. The maximum Gasteiger partial charge on any atom is 0.0304 e. The monoisotopic (exact) mass is 255 g/mol. The van der Waals surface area contributed by atoms with Crippen molar-refractivity contribution in [2.24, 2.45) is 5.73 Å². The molecule has 0 amide bonds. The van der Waals surface area contributed by atoms with Gasteiger partial charge in [0.1, 0.15) is 0 Å². The zero-order valence-corrected chi connectivity index (χ0v) is 12.5. The molecular weight excluding hydrogens is 222 g/mol. The highest BCUT2D eigenvalue weighted by atomic mass is 15.1. The Bertz CT molecular complexity index is 194. The van der Waals surface area contributed by atoms with Gasteiger partial charge in [0.25, 0.3) is 0 Å². The van der Waals surface area contributed by atoms with Crippen molar-refractivity contribution in [2.75, 3.05) is 32.7 Å². The van der Waals surface area contributed by atoms with Gasteiger partial charge in [-0.2, -0.15) is 0 Å². The second kappa shape index (κ2) is 8.89. The lowest BCUT2D eigenvalue weighted by Gasteiger charge is -2.36. The van der Waals surface area contributed by atoms with Crippen molar-refractivity contribution in [3.63, 3.8) is 0 Å². The van der Waals surface area contributed by atoms with E-state index in [0.717, 1.165) is 32.7 Å². The summed E-state index contributed by atoms with van der Waals surface area (Å²) in [5, 5.41) is 3.78. The standard InChI is InChI=1S/C15H33N3/c1-3-18(4-2)13-12-17-15(14-16)10-8-6-5-7-9-11-15/h17H,3-14,16H2,1-2H3. The van der Waals surface area contributed by atoms with Gasteiger partial charge in [-0.25, -0.2) is 0 Å². The molecule has 1 saturated carbocycles. The SMILES string of the molecule is CCN(CC)CCNC1(CN)CCCCCCC1. The van der Waals surface area contributed by atoms with Crippen molar-refractivity contribution in [1.29, 1.82) is 0 Å². The average Bonchev–Trinajstić information content (AvgIpc) is 2.37. The van der Waals surface area contributed by atoms with E-state index in [1.165, 1.54) is 44.9 Å². The number of rotatable bonds is 7. The smallest absolute Gasteiger partial charge is 0.0304 e. The second-order valence-electron chi connectivity index (χ2n) is 5.71. The van der Waals surface area contributed by atoms with Crippen LogP contribution in [0.5, 0.6) is 0 Å². The average molecular weight is 255 g/mol. The first-order valence-corrected chi connectivity index (χ1v) is 7.94. The third kappa shape index (κ3) is 5.25. The zero-order chi connectivity index (χ0) is 13.3. The van der Waals surface area contributed by atoms with Gasteiger partial charge in [-0.05, 0) is 25.9 Å². The predicted octanol–water partition coefficient (Wildman–Crippen LogP) is 2.36. The van der Waals surface area contributed by atoms with Crippen LogP contribution in [0.15, 0.2) is 0 Å². The van der Waals surface area contributed by atoms with Crippen LogP contribution in [0.3, 0.4) is 0 Å². The molecular formula is C15H33N3. The van der Waals surface area contributed by atoms with E-state index in [1.807, 2.05) is 0 Å². The van der Waals surface area contributed by atoms with E-state index < -0.39 is 0 Å². The summed E-state index contributed by atoms with van der Waals surface area (Å²) in [5.74, 6) is 0. The van der Waals surface area contributed by atoms with Crippen molar-refractivity contribution < 1.29 is 0 Å². The summed E-state index contributed by atoms with van der Waals surface area (Å²) in [6, 6.07) is 0. The van der Waals surface area contributed by atoms with Crippen LogP contribution in [0.25, 0.3) is 0 Å². The summed E-state index contributed by atoms with van der Waals surface area (Å²) < 4.78 is 0. The van der Waals surface area contributed by atoms with Gasteiger partial charge < -0.3 is 16.0 Å². The molecule has 0 unspecified atom stereocenters. The quantitative estimate of drug-likeness (QED) is 0.734. The van der Waals surface area contributed by atoms with Gasteiger partial charge >= 0.3 is 0 Å². The van der Waals surface area contributed by atoms with Crippen molar-refractivity contribution in [2.45, 2.75) is 64.3 Å². The summed E-state index contributed by atoms with van der Waals surface area (Å²) in [4.78, 5) is 2.47. The van der Waals surface area contributed by atoms with E-state index in [-0.39, 0.29) is 5.54 Å². The van der Waals surface area contributed by atoms with Gasteiger partial charge in [-0.3, -0.25) is 0 Å². The van der Waals surface area contributed by atoms with Crippen LogP contribution in [0.4, 0.5) is 0 Å². The van der Waals surface area contributed by atoms with Crippen LogP contribution in [0, 0.1) is 0 Å². The normalized spacial score (nSPS) is 20.7. The molecule has 0 spiro atoms. The van der Waals surface area contributed by atoms with E-state index in [9.17, 15) is 0 Å². The van der Waals surface area contributed by atoms with Crippen molar-refractivity contribution in [3.8, 4) is 0 Å². The Morgan fingerprint density at radius 2 is 1.56 bits per heavy atom. The zero-order valence-electron chi connectivity index (χ0n) is 12.5. The number of nitrogens with two attached hydrogens (primary N) is 1. The lowest BCUT2D eigenvalue weighted by Crippen LogP contribution is -2.53. The van der Waals surface area contributed by atoms with Crippen LogP contribution >= 0.6 is 0 Å². The van der Waals surface area contributed by atoms with E-state index in [4.69, 9.17) is 5.73 Å². The summed E-state index contributed by atoms with van der Waals surface area (Å²) in [7, 11) is 0. The highest BCUT2D eigenvalue weighted by molar-refractivity contribution is 4.90. The highest BCUT2D eigenvalue weighted by Gasteiger charge is 2.27. The van der Waals surface area contributed by atoms with Gasteiger partial charge in [0.15, 0.2) is 0 Å². The van der Waals surface area contributed by atoms with E-state index in [1.54, 1.807) is 0 Å². The minimum atomic E-state index is 0.230. The topological polar surface area (TPSA) is 41.3 Å². The number of hydrogen-bond donors (Lipinski definition) is 2. The fourth-order valence-corrected chi connectivity index (χ4v) is 3.05. The van der Waals surface area contributed by atoms with Gasteiger partial charge in [-0.15, -0.1) is 0 Å². The van der Waals surface area contributed by atoms with Crippen LogP contribution in [0.1, 0.15) is 58.8 Å². The van der Waals surface area contributed by atoms with Crippen LogP contribution < -0.4 is 11.1 Å².